The van der Waals surface area contributed by atoms with Crippen LogP contribution in [0.1, 0.15) is 18.4 Å². The van der Waals surface area contributed by atoms with Gasteiger partial charge in [0.25, 0.3) is 0 Å². The molecule has 1 aromatic rings. The van der Waals surface area contributed by atoms with Crippen molar-refractivity contribution in [1.82, 2.24) is 4.90 Å². The van der Waals surface area contributed by atoms with Gasteiger partial charge in [-0.25, -0.2) is 0 Å². The Morgan fingerprint density at radius 2 is 2.11 bits per heavy atom. The molecule has 0 amide bonds. The number of benzene rings is 1. The minimum Gasteiger partial charge on any atom is -0.492 e. The molecule has 0 aliphatic carbocycles. The second-order valence-electron chi connectivity index (χ2n) is 5.44. The van der Waals surface area contributed by atoms with E-state index in [1.807, 2.05) is 18.2 Å². The molecule has 0 saturated carbocycles. The average Bonchev–Trinajstić information content (AvgIpc) is 2.41. The van der Waals surface area contributed by atoms with Gasteiger partial charge in [-0.3, -0.25) is 4.90 Å². The topological polar surface area (TPSA) is 58.7 Å². The Morgan fingerprint density at radius 3 is 2.74 bits per heavy atom. The van der Waals surface area contributed by atoms with Crippen LogP contribution < -0.4 is 10.5 Å². The van der Waals surface area contributed by atoms with Gasteiger partial charge in [-0.05, 0) is 37.5 Å². The molecule has 106 valence electrons. The van der Waals surface area contributed by atoms with Gasteiger partial charge in [0, 0.05) is 26.2 Å². The van der Waals surface area contributed by atoms with E-state index < -0.39 is 5.60 Å². The van der Waals surface area contributed by atoms with Crippen LogP contribution in [-0.2, 0) is 0 Å². The highest BCUT2D eigenvalue weighted by atomic mass is 16.5. The average molecular weight is 264 g/mol. The number of ether oxygens (including phenoxy) is 1. The van der Waals surface area contributed by atoms with Crippen LogP contribution in [0.3, 0.4) is 0 Å². The third-order valence-electron chi connectivity index (χ3n) is 3.83. The predicted molar refractivity (Wildman–Crippen MR) is 76.4 cm³/mol. The number of nitrogens with two attached hydrogens (primary N) is 1. The third-order valence-corrected chi connectivity index (χ3v) is 3.83. The molecule has 1 saturated heterocycles. The van der Waals surface area contributed by atoms with Gasteiger partial charge in [0.05, 0.1) is 5.60 Å². The molecule has 1 fully saturated rings. The van der Waals surface area contributed by atoms with Crippen molar-refractivity contribution >= 4 is 0 Å². The van der Waals surface area contributed by atoms with Crippen LogP contribution >= 0.6 is 0 Å². The molecule has 0 spiro atoms. The predicted octanol–water partition coefficient (Wildman–Crippen LogP) is 1.16. The van der Waals surface area contributed by atoms with Crippen molar-refractivity contribution in [3.63, 3.8) is 0 Å². The normalized spacial score (nSPS) is 19.3. The van der Waals surface area contributed by atoms with Crippen molar-refractivity contribution in [3.8, 4) is 5.75 Å². The van der Waals surface area contributed by atoms with Gasteiger partial charge < -0.3 is 15.6 Å². The molecule has 4 nitrogen and oxygen atoms in total. The number of hydrogen-bond donors (Lipinski definition) is 2. The van der Waals surface area contributed by atoms with Crippen LogP contribution in [-0.4, -0.2) is 48.4 Å². The molecule has 0 unspecified atom stereocenters. The summed E-state index contributed by atoms with van der Waals surface area (Å²) in [5.41, 5.74) is 6.15. The molecule has 4 heteroatoms. The van der Waals surface area contributed by atoms with E-state index in [-0.39, 0.29) is 0 Å². The minimum atomic E-state index is -0.645. The van der Waals surface area contributed by atoms with Gasteiger partial charge in [-0.15, -0.1) is 0 Å². The van der Waals surface area contributed by atoms with E-state index in [1.54, 1.807) is 0 Å². The lowest BCUT2D eigenvalue weighted by atomic mass is 9.92. The van der Waals surface area contributed by atoms with Crippen molar-refractivity contribution in [3.05, 3.63) is 29.8 Å². The van der Waals surface area contributed by atoms with Gasteiger partial charge in [-0.1, -0.05) is 12.1 Å². The highest BCUT2D eigenvalue weighted by Gasteiger charge is 2.30. The van der Waals surface area contributed by atoms with Crippen molar-refractivity contribution in [1.29, 1.82) is 0 Å². The summed E-state index contributed by atoms with van der Waals surface area (Å²) in [4.78, 5) is 2.32. The Bertz CT molecular complexity index is 401. The summed E-state index contributed by atoms with van der Waals surface area (Å²) in [6, 6.07) is 8.10. The zero-order valence-electron chi connectivity index (χ0n) is 11.6. The number of aryl methyl sites for hydroxylation is 1. The van der Waals surface area contributed by atoms with E-state index in [4.69, 9.17) is 10.5 Å². The fourth-order valence-corrected chi connectivity index (χ4v) is 2.39. The summed E-state index contributed by atoms with van der Waals surface area (Å²) >= 11 is 0. The van der Waals surface area contributed by atoms with Crippen LogP contribution in [0.5, 0.6) is 5.75 Å². The maximum Gasteiger partial charge on any atom is 0.119 e. The maximum atomic E-state index is 10.0. The number of nitrogens with zero attached hydrogens (tertiary/aromatic N) is 1. The summed E-state index contributed by atoms with van der Waals surface area (Å²) in [7, 11) is 0. The minimum absolute atomic E-state index is 0.362. The van der Waals surface area contributed by atoms with Crippen molar-refractivity contribution in [2.24, 2.45) is 5.73 Å². The molecular formula is C15H24N2O2. The Hall–Kier alpha value is -1.10. The number of aliphatic hydroxyl groups is 1. The van der Waals surface area contributed by atoms with Crippen LogP contribution in [0.4, 0.5) is 0 Å². The van der Waals surface area contributed by atoms with Crippen molar-refractivity contribution < 1.29 is 9.84 Å². The first-order valence-corrected chi connectivity index (χ1v) is 6.96. The van der Waals surface area contributed by atoms with Crippen molar-refractivity contribution in [2.75, 3.05) is 32.8 Å². The van der Waals surface area contributed by atoms with Gasteiger partial charge in [0.2, 0.25) is 0 Å². The summed E-state index contributed by atoms with van der Waals surface area (Å²) in [6.07, 6.45) is 1.52. The van der Waals surface area contributed by atoms with E-state index in [2.05, 4.69) is 17.9 Å². The molecule has 0 bridgehead atoms. The molecule has 2 rings (SSSR count). The molecule has 1 aromatic carbocycles. The van der Waals surface area contributed by atoms with Crippen LogP contribution in [0.15, 0.2) is 24.3 Å². The molecule has 19 heavy (non-hydrogen) atoms. The number of rotatable bonds is 5. The lowest BCUT2D eigenvalue weighted by molar-refractivity contribution is -0.0155. The SMILES string of the molecule is Cc1cccc(OCCN2CCC(O)(CN)CC2)c1. The molecule has 0 aromatic heterocycles. The van der Waals surface area contributed by atoms with Crippen LogP contribution in [0.2, 0.25) is 0 Å². The van der Waals surface area contributed by atoms with E-state index in [9.17, 15) is 5.11 Å². The van der Waals surface area contributed by atoms with E-state index >= 15 is 0 Å². The maximum absolute atomic E-state index is 10.0. The number of hydrogen-bond acceptors (Lipinski definition) is 4. The van der Waals surface area contributed by atoms with Gasteiger partial charge in [0.15, 0.2) is 0 Å². The van der Waals surface area contributed by atoms with Gasteiger partial charge in [0.1, 0.15) is 12.4 Å². The van der Waals surface area contributed by atoms with Crippen LogP contribution in [0, 0.1) is 6.92 Å². The molecule has 3 N–H and O–H groups in total. The Morgan fingerprint density at radius 1 is 1.37 bits per heavy atom. The zero-order chi connectivity index (χ0) is 13.7. The van der Waals surface area contributed by atoms with Crippen LogP contribution in [0.25, 0.3) is 0 Å². The second-order valence-corrected chi connectivity index (χ2v) is 5.44. The van der Waals surface area contributed by atoms with Gasteiger partial charge >= 0.3 is 0 Å². The summed E-state index contributed by atoms with van der Waals surface area (Å²) in [5.74, 6) is 0.926. The fraction of sp³-hybridized carbons (Fsp3) is 0.600. The number of piperidine rings is 1. The monoisotopic (exact) mass is 264 g/mol. The molecule has 1 heterocycles. The molecule has 1 aliphatic heterocycles. The third kappa shape index (κ3) is 4.20. The lowest BCUT2D eigenvalue weighted by Crippen LogP contribution is -2.49. The number of likely N-dealkylation sites (tertiary alicyclic amines) is 1. The summed E-state index contributed by atoms with van der Waals surface area (Å²) in [5, 5.41) is 10.0. The highest BCUT2D eigenvalue weighted by molar-refractivity contribution is 5.27. The Kier molecular flexibility index (Phi) is 4.80. The first kappa shape index (κ1) is 14.3. The molecule has 1 aliphatic rings. The molecule has 0 atom stereocenters. The van der Waals surface area contributed by atoms with E-state index in [0.717, 1.165) is 38.2 Å². The van der Waals surface area contributed by atoms with Crippen molar-refractivity contribution in [2.45, 2.75) is 25.4 Å². The summed E-state index contributed by atoms with van der Waals surface area (Å²) < 4.78 is 5.74. The fourth-order valence-electron chi connectivity index (χ4n) is 2.39. The van der Waals surface area contributed by atoms with E-state index in [1.165, 1.54) is 5.56 Å². The first-order chi connectivity index (χ1) is 9.11. The summed E-state index contributed by atoms with van der Waals surface area (Å²) in [6.45, 7) is 5.79. The Balaban J connectivity index is 1.70. The zero-order valence-corrected chi connectivity index (χ0v) is 11.6. The quantitative estimate of drug-likeness (QED) is 0.838. The smallest absolute Gasteiger partial charge is 0.119 e. The Labute approximate surface area is 115 Å². The first-order valence-electron chi connectivity index (χ1n) is 6.96. The second kappa shape index (κ2) is 6.37. The lowest BCUT2D eigenvalue weighted by Gasteiger charge is -2.37. The van der Waals surface area contributed by atoms with Gasteiger partial charge in [-0.2, -0.15) is 0 Å². The standard InChI is InChI=1S/C15H24N2O2/c1-13-3-2-4-14(11-13)19-10-9-17-7-5-15(18,12-16)6-8-17/h2-4,11,18H,5-10,12,16H2,1H3. The largest absolute Gasteiger partial charge is 0.492 e. The highest BCUT2D eigenvalue weighted by Crippen LogP contribution is 2.20. The van der Waals surface area contributed by atoms with E-state index in [0.29, 0.717) is 13.2 Å². The molecular weight excluding hydrogens is 240 g/mol. The molecule has 0 radical (unpaired) electrons.